The van der Waals surface area contributed by atoms with Crippen molar-refractivity contribution in [2.45, 2.75) is 13.0 Å². The maximum atomic E-state index is 12.6. The van der Waals surface area contributed by atoms with Crippen LogP contribution in [0.25, 0.3) is 11.0 Å². The number of amides is 2. The Morgan fingerprint density at radius 2 is 2.15 bits per heavy atom. The smallest absolute Gasteiger partial charge is 0.256 e. The van der Waals surface area contributed by atoms with Gasteiger partial charge in [0, 0.05) is 25.5 Å². The van der Waals surface area contributed by atoms with Gasteiger partial charge in [-0.1, -0.05) is 6.07 Å². The van der Waals surface area contributed by atoms with E-state index in [9.17, 15) is 9.59 Å². The number of aromatic nitrogens is 2. The summed E-state index contributed by atoms with van der Waals surface area (Å²) in [6.07, 6.45) is 3.15. The van der Waals surface area contributed by atoms with Gasteiger partial charge in [0.25, 0.3) is 5.91 Å². The lowest BCUT2D eigenvalue weighted by atomic mass is 10.1. The first-order valence-electron chi connectivity index (χ1n) is 6.47. The highest BCUT2D eigenvalue weighted by Gasteiger charge is 2.30. The second-order valence-electron chi connectivity index (χ2n) is 4.70. The van der Waals surface area contributed by atoms with Crippen LogP contribution in [0.1, 0.15) is 17.3 Å². The quantitative estimate of drug-likeness (QED) is 0.823. The molecule has 1 aromatic heterocycles. The molecule has 1 saturated heterocycles. The van der Waals surface area contributed by atoms with Crippen molar-refractivity contribution in [3.05, 3.63) is 36.2 Å². The van der Waals surface area contributed by atoms with E-state index in [1.165, 1.54) is 0 Å². The number of nitrogens with zero attached hydrogens (tertiary/aromatic N) is 3. The molecule has 1 N–H and O–H groups in total. The third kappa shape index (κ3) is 1.99. The summed E-state index contributed by atoms with van der Waals surface area (Å²) < 4.78 is 0. The zero-order valence-electron chi connectivity index (χ0n) is 11.0. The zero-order chi connectivity index (χ0) is 14.1. The molecule has 0 spiro atoms. The van der Waals surface area contributed by atoms with Crippen LogP contribution in [0, 0.1) is 0 Å². The van der Waals surface area contributed by atoms with Gasteiger partial charge < -0.3 is 10.2 Å². The molecule has 0 radical (unpaired) electrons. The van der Waals surface area contributed by atoms with Gasteiger partial charge in [-0.15, -0.1) is 0 Å². The number of benzene rings is 1. The fourth-order valence-corrected chi connectivity index (χ4v) is 2.38. The van der Waals surface area contributed by atoms with Crippen LogP contribution in [0.5, 0.6) is 0 Å². The van der Waals surface area contributed by atoms with Crippen molar-refractivity contribution in [1.82, 2.24) is 20.2 Å². The first-order chi connectivity index (χ1) is 9.68. The summed E-state index contributed by atoms with van der Waals surface area (Å²) in [7, 11) is 0. The van der Waals surface area contributed by atoms with E-state index < -0.39 is 6.04 Å². The Labute approximate surface area is 115 Å². The molecule has 20 heavy (non-hydrogen) atoms. The molecule has 102 valence electrons. The molecule has 2 heterocycles. The van der Waals surface area contributed by atoms with Crippen LogP contribution in [0.2, 0.25) is 0 Å². The topological polar surface area (TPSA) is 75.2 Å². The van der Waals surface area contributed by atoms with Crippen molar-refractivity contribution in [2.75, 3.05) is 13.1 Å². The number of carbonyl (C=O) groups is 2. The summed E-state index contributed by atoms with van der Waals surface area (Å²) in [5.41, 5.74) is 1.72. The molecule has 6 heteroatoms. The normalized spacial score (nSPS) is 18.9. The van der Waals surface area contributed by atoms with Crippen LogP contribution in [-0.2, 0) is 4.79 Å². The highest BCUT2D eigenvalue weighted by atomic mass is 16.2. The van der Waals surface area contributed by atoms with Crippen molar-refractivity contribution in [1.29, 1.82) is 0 Å². The lowest BCUT2D eigenvalue weighted by Crippen LogP contribution is -2.55. The molecule has 0 saturated carbocycles. The minimum atomic E-state index is -0.469. The summed E-state index contributed by atoms with van der Waals surface area (Å²) in [4.78, 5) is 34.3. The average Bonchev–Trinajstić information content (AvgIpc) is 2.49. The molecule has 3 rings (SSSR count). The molecule has 1 aliphatic heterocycles. The van der Waals surface area contributed by atoms with Crippen molar-refractivity contribution in [3.63, 3.8) is 0 Å². The third-order valence-corrected chi connectivity index (χ3v) is 3.49. The van der Waals surface area contributed by atoms with E-state index in [0.29, 0.717) is 29.7 Å². The summed E-state index contributed by atoms with van der Waals surface area (Å²) in [6, 6.07) is 4.84. The Balaban J connectivity index is 2.02. The van der Waals surface area contributed by atoms with E-state index in [1.54, 1.807) is 36.4 Å². The fraction of sp³-hybridized carbons (Fsp3) is 0.286. The summed E-state index contributed by atoms with van der Waals surface area (Å²) >= 11 is 0. The highest BCUT2D eigenvalue weighted by Crippen LogP contribution is 2.18. The number of hydrogen-bond donors (Lipinski definition) is 1. The zero-order valence-corrected chi connectivity index (χ0v) is 11.0. The van der Waals surface area contributed by atoms with Gasteiger partial charge in [-0.3, -0.25) is 19.6 Å². The van der Waals surface area contributed by atoms with Gasteiger partial charge in [-0.25, -0.2) is 0 Å². The number of para-hydroxylation sites is 1. The van der Waals surface area contributed by atoms with Crippen LogP contribution >= 0.6 is 0 Å². The highest BCUT2D eigenvalue weighted by molar-refractivity contribution is 6.06. The van der Waals surface area contributed by atoms with Crippen molar-refractivity contribution in [3.8, 4) is 0 Å². The maximum absolute atomic E-state index is 12.6. The van der Waals surface area contributed by atoms with Crippen molar-refractivity contribution >= 4 is 22.8 Å². The molecule has 2 amide bonds. The standard InChI is InChI=1S/C14H14N4O2/c1-9-13(19)17-7-8-18(9)14(20)10-3-2-4-11-12(10)16-6-5-15-11/h2-6,9H,7-8H2,1H3,(H,17,19). The van der Waals surface area contributed by atoms with Crippen LogP contribution in [0.15, 0.2) is 30.6 Å². The van der Waals surface area contributed by atoms with Gasteiger partial charge in [0.2, 0.25) is 5.91 Å². The number of fused-ring (bicyclic) bond motifs is 1. The van der Waals surface area contributed by atoms with Gasteiger partial charge in [0.05, 0.1) is 11.1 Å². The lowest BCUT2D eigenvalue weighted by molar-refractivity contribution is -0.127. The van der Waals surface area contributed by atoms with Gasteiger partial charge in [-0.05, 0) is 19.1 Å². The van der Waals surface area contributed by atoms with Crippen LogP contribution in [-0.4, -0.2) is 45.8 Å². The summed E-state index contributed by atoms with van der Waals surface area (Å²) in [6.45, 7) is 2.71. The molecule has 1 aromatic carbocycles. The van der Waals surface area contributed by atoms with Crippen LogP contribution in [0.4, 0.5) is 0 Å². The average molecular weight is 270 g/mol. The molecular weight excluding hydrogens is 256 g/mol. The number of rotatable bonds is 1. The first kappa shape index (κ1) is 12.5. The molecule has 0 aliphatic carbocycles. The molecule has 1 unspecified atom stereocenters. The van der Waals surface area contributed by atoms with Gasteiger partial charge >= 0.3 is 0 Å². The van der Waals surface area contributed by atoms with E-state index in [-0.39, 0.29) is 11.8 Å². The number of hydrogen-bond acceptors (Lipinski definition) is 4. The Bertz CT molecular complexity index is 680. The minimum Gasteiger partial charge on any atom is -0.353 e. The maximum Gasteiger partial charge on any atom is 0.256 e. The third-order valence-electron chi connectivity index (χ3n) is 3.49. The molecular formula is C14H14N4O2. The Morgan fingerprint density at radius 1 is 1.35 bits per heavy atom. The van der Waals surface area contributed by atoms with Crippen LogP contribution in [0.3, 0.4) is 0 Å². The molecule has 1 fully saturated rings. The largest absolute Gasteiger partial charge is 0.353 e. The molecule has 1 aliphatic rings. The molecule has 2 aromatic rings. The predicted octanol–water partition coefficient (Wildman–Crippen LogP) is 0.590. The fourth-order valence-electron chi connectivity index (χ4n) is 2.38. The van der Waals surface area contributed by atoms with Crippen molar-refractivity contribution in [2.24, 2.45) is 0 Å². The van der Waals surface area contributed by atoms with Crippen molar-refractivity contribution < 1.29 is 9.59 Å². The molecule has 1 atom stereocenters. The summed E-state index contributed by atoms with van der Waals surface area (Å²) in [5, 5.41) is 2.74. The minimum absolute atomic E-state index is 0.129. The van der Waals surface area contributed by atoms with Gasteiger partial charge in [0.1, 0.15) is 11.6 Å². The number of nitrogens with one attached hydrogen (secondary N) is 1. The number of piperazine rings is 1. The van der Waals surface area contributed by atoms with E-state index in [0.717, 1.165) is 0 Å². The second-order valence-corrected chi connectivity index (χ2v) is 4.70. The predicted molar refractivity (Wildman–Crippen MR) is 73.0 cm³/mol. The van der Waals surface area contributed by atoms with E-state index in [2.05, 4.69) is 15.3 Å². The van der Waals surface area contributed by atoms with E-state index in [1.807, 2.05) is 6.07 Å². The lowest BCUT2D eigenvalue weighted by Gasteiger charge is -2.32. The Hall–Kier alpha value is -2.50. The van der Waals surface area contributed by atoms with Gasteiger partial charge in [0.15, 0.2) is 0 Å². The van der Waals surface area contributed by atoms with E-state index >= 15 is 0 Å². The first-order valence-corrected chi connectivity index (χ1v) is 6.47. The van der Waals surface area contributed by atoms with Gasteiger partial charge in [-0.2, -0.15) is 0 Å². The SMILES string of the molecule is CC1C(=O)NCCN1C(=O)c1cccc2nccnc12. The van der Waals surface area contributed by atoms with E-state index in [4.69, 9.17) is 0 Å². The second kappa shape index (κ2) is 4.88. The number of carbonyl (C=O) groups excluding carboxylic acids is 2. The Morgan fingerprint density at radius 3 is 3.00 bits per heavy atom. The Kier molecular flexibility index (Phi) is 3.06. The van der Waals surface area contributed by atoms with Crippen LogP contribution < -0.4 is 5.32 Å². The monoisotopic (exact) mass is 270 g/mol. The molecule has 6 nitrogen and oxygen atoms in total. The molecule has 0 bridgehead atoms. The summed E-state index contributed by atoms with van der Waals surface area (Å²) in [5.74, 6) is -0.311.